The van der Waals surface area contributed by atoms with Crippen LogP contribution in [-0.2, 0) is 5.60 Å². The Morgan fingerprint density at radius 2 is 1.61 bits per heavy atom. The van der Waals surface area contributed by atoms with E-state index in [1.54, 1.807) is 0 Å². The van der Waals surface area contributed by atoms with Crippen LogP contribution in [0.1, 0.15) is 58.4 Å². The van der Waals surface area contributed by atoms with Gasteiger partial charge in [0.15, 0.2) is 0 Å². The van der Waals surface area contributed by atoms with Crippen LogP contribution < -0.4 is 4.74 Å². The molecule has 1 rings (SSSR count). The lowest BCUT2D eigenvalue weighted by Gasteiger charge is -2.30. The topological polar surface area (TPSA) is 29.5 Å². The quantitative estimate of drug-likeness (QED) is 0.747. The molecule has 18 heavy (non-hydrogen) atoms. The first kappa shape index (κ1) is 15.0. The molecular weight excluding hydrogens is 224 g/mol. The van der Waals surface area contributed by atoms with Gasteiger partial charge < -0.3 is 9.84 Å². The fourth-order valence-electron chi connectivity index (χ4n) is 2.41. The number of hydrogen-bond donors (Lipinski definition) is 1. The Kier molecular flexibility index (Phi) is 6.20. The molecule has 1 aromatic rings. The summed E-state index contributed by atoms with van der Waals surface area (Å²) in [5, 5.41) is 10.9. The summed E-state index contributed by atoms with van der Waals surface area (Å²) in [7, 11) is 0. The molecule has 0 fully saturated rings. The van der Waals surface area contributed by atoms with Crippen molar-refractivity contribution in [2.24, 2.45) is 0 Å². The molecule has 0 heterocycles. The molecule has 2 nitrogen and oxygen atoms in total. The average molecular weight is 250 g/mol. The fraction of sp³-hybridized carbons (Fsp3) is 0.625. The molecular formula is C16H26O2. The van der Waals surface area contributed by atoms with Gasteiger partial charge in [-0.15, -0.1) is 0 Å². The average Bonchev–Trinajstić information content (AvgIpc) is 2.37. The van der Waals surface area contributed by atoms with Crippen LogP contribution in [-0.4, -0.2) is 11.7 Å². The molecule has 1 N–H and O–H groups in total. The number of rotatable bonds is 8. The summed E-state index contributed by atoms with van der Waals surface area (Å²) in [6.45, 7) is 7.00. The highest BCUT2D eigenvalue weighted by Crippen LogP contribution is 2.37. The van der Waals surface area contributed by atoms with Gasteiger partial charge in [0.25, 0.3) is 0 Å². The van der Waals surface area contributed by atoms with E-state index in [-0.39, 0.29) is 0 Å². The lowest BCUT2D eigenvalue weighted by Crippen LogP contribution is -2.26. The van der Waals surface area contributed by atoms with E-state index in [1.807, 2.05) is 24.3 Å². The maximum atomic E-state index is 10.9. The van der Waals surface area contributed by atoms with Crippen molar-refractivity contribution in [3.05, 3.63) is 29.8 Å². The Hall–Kier alpha value is -1.02. The minimum atomic E-state index is -0.742. The van der Waals surface area contributed by atoms with Crippen LogP contribution >= 0.6 is 0 Å². The molecule has 2 heteroatoms. The number of para-hydroxylation sites is 1. The zero-order valence-electron chi connectivity index (χ0n) is 11.9. The predicted octanol–water partition coefficient (Wildman–Crippen LogP) is 4.26. The summed E-state index contributed by atoms with van der Waals surface area (Å²) < 4.78 is 5.77. The molecule has 0 unspecified atom stereocenters. The van der Waals surface area contributed by atoms with Crippen LogP contribution in [0, 0.1) is 0 Å². The van der Waals surface area contributed by atoms with E-state index in [9.17, 15) is 5.11 Å². The monoisotopic (exact) mass is 250 g/mol. The Morgan fingerprint density at radius 1 is 1.00 bits per heavy atom. The number of ether oxygens (including phenoxy) is 1. The van der Waals surface area contributed by atoms with Crippen LogP contribution in [0.15, 0.2) is 24.3 Å². The fourth-order valence-corrected chi connectivity index (χ4v) is 2.41. The van der Waals surface area contributed by atoms with Crippen LogP contribution in [0.2, 0.25) is 0 Å². The summed E-state index contributed by atoms with van der Waals surface area (Å²) in [5.41, 5.74) is 0.204. The third-order valence-electron chi connectivity index (χ3n) is 3.18. The molecule has 0 atom stereocenters. The Bertz CT molecular complexity index is 341. The summed E-state index contributed by atoms with van der Waals surface area (Å²) >= 11 is 0. The second kappa shape index (κ2) is 7.42. The standard InChI is InChI=1S/C16H26O2/c1-4-11-16(17,12-5-2)14-9-7-8-10-15(14)18-13-6-3/h7-10,17H,4-6,11-13H2,1-3H3. The van der Waals surface area contributed by atoms with E-state index in [2.05, 4.69) is 20.8 Å². The van der Waals surface area contributed by atoms with Crippen molar-refractivity contribution in [3.8, 4) is 5.75 Å². The highest BCUT2D eigenvalue weighted by molar-refractivity contribution is 5.38. The minimum Gasteiger partial charge on any atom is -0.493 e. The van der Waals surface area contributed by atoms with Crippen LogP contribution in [0.5, 0.6) is 5.75 Å². The molecule has 0 saturated heterocycles. The first-order valence-corrected chi connectivity index (χ1v) is 7.12. The lowest BCUT2D eigenvalue weighted by molar-refractivity contribution is 0.0143. The van der Waals surface area contributed by atoms with Crippen molar-refractivity contribution in [2.75, 3.05) is 6.61 Å². The van der Waals surface area contributed by atoms with Crippen LogP contribution in [0.4, 0.5) is 0 Å². The smallest absolute Gasteiger partial charge is 0.125 e. The molecule has 0 saturated carbocycles. The highest BCUT2D eigenvalue weighted by atomic mass is 16.5. The first-order valence-electron chi connectivity index (χ1n) is 7.12. The Labute approximate surface area is 111 Å². The molecule has 0 aliphatic rings. The molecule has 0 bridgehead atoms. The second-order valence-electron chi connectivity index (χ2n) is 4.88. The van der Waals surface area contributed by atoms with Gasteiger partial charge in [-0.2, -0.15) is 0 Å². The zero-order chi connectivity index (χ0) is 13.4. The van der Waals surface area contributed by atoms with E-state index in [4.69, 9.17) is 4.74 Å². The largest absolute Gasteiger partial charge is 0.493 e. The van der Waals surface area contributed by atoms with Crippen molar-refractivity contribution in [1.82, 2.24) is 0 Å². The van der Waals surface area contributed by atoms with E-state index >= 15 is 0 Å². The molecule has 0 aliphatic carbocycles. The molecule has 0 spiro atoms. The SMILES string of the molecule is CCCOc1ccccc1C(O)(CCC)CCC. The van der Waals surface area contributed by atoms with Gasteiger partial charge in [0.2, 0.25) is 0 Å². The minimum absolute atomic E-state index is 0.700. The van der Waals surface area contributed by atoms with Gasteiger partial charge in [-0.05, 0) is 25.3 Å². The predicted molar refractivity (Wildman–Crippen MR) is 75.9 cm³/mol. The Balaban J connectivity index is 3.02. The van der Waals surface area contributed by atoms with Crippen molar-refractivity contribution < 1.29 is 9.84 Å². The van der Waals surface area contributed by atoms with Crippen molar-refractivity contribution in [3.63, 3.8) is 0 Å². The summed E-state index contributed by atoms with van der Waals surface area (Å²) in [6.07, 6.45) is 4.49. The maximum absolute atomic E-state index is 10.9. The zero-order valence-corrected chi connectivity index (χ0v) is 11.9. The lowest BCUT2D eigenvalue weighted by atomic mass is 9.85. The maximum Gasteiger partial charge on any atom is 0.125 e. The van der Waals surface area contributed by atoms with Gasteiger partial charge in [-0.3, -0.25) is 0 Å². The van der Waals surface area contributed by atoms with E-state index < -0.39 is 5.60 Å². The summed E-state index contributed by atoms with van der Waals surface area (Å²) in [6, 6.07) is 7.90. The van der Waals surface area contributed by atoms with Gasteiger partial charge in [0, 0.05) is 5.56 Å². The van der Waals surface area contributed by atoms with Gasteiger partial charge >= 0.3 is 0 Å². The van der Waals surface area contributed by atoms with Gasteiger partial charge in [-0.25, -0.2) is 0 Å². The van der Waals surface area contributed by atoms with Crippen molar-refractivity contribution in [1.29, 1.82) is 0 Å². The third kappa shape index (κ3) is 3.74. The van der Waals surface area contributed by atoms with E-state index in [0.717, 1.165) is 43.4 Å². The van der Waals surface area contributed by atoms with Crippen molar-refractivity contribution >= 4 is 0 Å². The molecule has 0 amide bonds. The summed E-state index contributed by atoms with van der Waals surface area (Å²) in [4.78, 5) is 0. The van der Waals surface area contributed by atoms with Crippen LogP contribution in [0.25, 0.3) is 0 Å². The van der Waals surface area contributed by atoms with E-state index in [1.165, 1.54) is 0 Å². The summed E-state index contributed by atoms with van der Waals surface area (Å²) in [5.74, 6) is 0.837. The number of hydrogen-bond acceptors (Lipinski definition) is 2. The highest BCUT2D eigenvalue weighted by Gasteiger charge is 2.30. The third-order valence-corrected chi connectivity index (χ3v) is 3.18. The number of aliphatic hydroxyl groups is 1. The molecule has 102 valence electrons. The molecule has 0 aliphatic heterocycles. The van der Waals surface area contributed by atoms with Crippen molar-refractivity contribution in [2.45, 2.75) is 58.5 Å². The van der Waals surface area contributed by atoms with Gasteiger partial charge in [-0.1, -0.05) is 51.8 Å². The molecule has 0 radical (unpaired) electrons. The molecule has 1 aromatic carbocycles. The first-order chi connectivity index (χ1) is 8.68. The normalized spacial score (nSPS) is 11.6. The number of benzene rings is 1. The van der Waals surface area contributed by atoms with Gasteiger partial charge in [0.1, 0.15) is 5.75 Å². The molecule has 0 aromatic heterocycles. The van der Waals surface area contributed by atoms with Gasteiger partial charge in [0.05, 0.1) is 12.2 Å². The van der Waals surface area contributed by atoms with Crippen LogP contribution in [0.3, 0.4) is 0 Å². The Morgan fingerprint density at radius 3 is 2.17 bits per heavy atom. The second-order valence-corrected chi connectivity index (χ2v) is 4.88. The van der Waals surface area contributed by atoms with E-state index in [0.29, 0.717) is 6.61 Å².